The van der Waals surface area contributed by atoms with E-state index in [-0.39, 0.29) is 38.4 Å². The number of fused-ring (bicyclic) bond motifs is 2. The molecule has 0 amide bonds. The molecular weight excluding hydrogens is 565 g/mol. The molecule has 0 aliphatic heterocycles. The highest BCUT2D eigenvalue weighted by Crippen LogP contribution is 2.50. The zero-order valence-electron chi connectivity index (χ0n) is 50.5. The third-order valence-corrected chi connectivity index (χ3v) is 8.62. The summed E-state index contributed by atoms with van der Waals surface area (Å²) < 4.78 is 238. The van der Waals surface area contributed by atoms with Crippen LogP contribution in [0.2, 0.25) is 0 Å². The van der Waals surface area contributed by atoms with Crippen LogP contribution in [0.4, 0.5) is 0 Å². The molecule has 0 spiro atoms. The molecule has 0 bridgehead atoms. The molecule has 0 radical (unpaired) electrons. The summed E-state index contributed by atoms with van der Waals surface area (Å²) in [4.78, 5) is 0. The maximum Gasteiger partial charge on any atom is 0.0636 e. The molecule has 0 fully saturated rings. The van der Waals surface area contributed by atoms with Crippen molar-refractivity contribution >= 4 is 43.1 Å². The van der Waals surface area contributed by atoms with E-state index < -0.39 is 223 Å². The summed E-state index contributed by atoms with van der Waals surface area (Å²) in [6.07, 6.45) is 0. The van der Waals surface area contributed by atoms with E-state index in [1.807, 2.05) is 0 Å². The van der Waals surface area contributed by atoms with Crippen LogP contribution in [0.15, 0.2) is 157 Å². The van der Waals surface area contributed by atoms with E-state index in [4.69, 9.17) is 21.9 Å². The average molecular weight is 623 g/mol. The molecule has 1 aliphatic carbocycles. The molecule has 0 saturated carbocycles. The first-order chi connectivity index (χ1) is 33.9. The quantitative estimate of drug-likeness (QED) is 0.172. The van der Waals surface area contributed by atoms with E-state index in [1.165, 1.54) is 13.8 Å². The highest BCUT2D eigenvalue weighted by molar-refractivity contribution is 6.25. The summed E-state index contributed by atoms with van der Waals surface area (Å²) in [6, 6.07) is -21.4. The van der Waals surface area contributed by atoms with Gasteiger partial charge in [-0.1, -0.05) is 141 Å². The summed E-state index contributed by atoms with van der Waals surface area (Å²) in [5.41, 5.74) is -7.40. The molecule has 10 rings (SSSR count). The first-order valence-corrected chi connectivity index (χ1v) is 14.5. The molecule has 0 saturated heterocycles. The second kappa shape index (κ2) is 9.64. The molecule has 9 aromatic carbocycles. The Morgan fingerprint density at radius 3 is 1.79 bits per heavy atom. The summed E-state index contributed by atoms with van der Waals surface area (Å²) in [5, 5.41) is -3.23. The Labute approximate surface area is 311 Å². The second-order valence-corrected chi connectivity index (χ2v) is 11.6. The standard InChI is InChI=1S/C47H32/c1-47(2)42-17-7-6-15-39(42)40-16-9-14-33-24-36(28-43(47)45(33)40)35-25-34(29-10-4-3-5-11-29)26-37(27-35)38-22-20-32-19-18-30-12-8-13-31-21-23-41(38)46(32)44(30)31/h3-28H,1-2H3/i3D,4D,5D,6D,7D,8D,9D,10D,11D,12D,13D,14D,15D,16D,17D,18D,19D,20D,21D,22D,23D,24D,25D,26D,27D,28D. The SMILES string of the molecule is [2H]c1c([2H])c([2H])c(-c2c([2H])c(-c3c([2H])c4c5c(c([2H])c([2H])c([2H])c5c3[2H])-c3c([2H])c([2H])c([2H])c([2H])c3C4(C)C)c([2H])c(-c3c([2H])c([2H])c4c([2H])c([2H])c5c([2H])c([2H])c([2H])c6c([2H])c([2H])c3c4c56)c2[2H])c([2H])c1[2H]. The minimum Gasteiger partial charge on any atom is -0.0622 e. The molecule has 0 nitrogen and oxygen atoms in total. The van der Waals surface area contributed by atoms with Crippen molar-refractivity contribution in [3.8, 4) is 44.5 Å². The summed E-state index contributed by atoms with van der Waals surface area (Å²) in [6.45, 7) is 2.93. The average Bonchev–Trinajstić information content (AvgIpc) is 3.33. The summed E-state index contributed by atoms with van der Waals surface area (Å²) in [5.74, 6) is 0. The first kappa shape index (κ1) is 11.5. The van der Waals surface area contributed by atoms with E-state index in [9.17, 15) is 13.7 Å². The molecule has 0 N–H and O–H groups in total. The van der Waals surface area contributed by atoms with Crippen molar-refractivity contribution in [3.05, 3.63) is 168 Å². The highest BCUT2D eigenvalue weighted by atomic mass is 14.4. The van der Waals surface area contributed by atoms with Gasteiger partial charge in [0.05, 0.1) is 35.6 Å². The molecule has 0 atom stereocenters. The van der Waals surface area contributed by atoms with Crippen LogP contribution >= 0.6 is 0 Å². The predicted octanol–water partition coefficient (Wildman–Crippen LogP) is 13.0. The molecule has 9 aromatic rings. The van der Waals surface area contributed by atoms with Gasteiger partial charge in [-0.3, -0.25) is 0 Å². The van der Waals surface area contributed by atoms with Crippen LogP contribution in [0.1, 0.15) is 60.6 Å². The topological polar surface area (TPSA) is 0 Å². The van der Waals surface area contributed by atoms with E-state index in [0.717, 1.165) is 0 Å². The van der Waals surface area contributed by atoms with Crippen LogP contribution in [0, 0.1) is 0 Å². The van der Waals surface area contributed by atoms with Gasteiger partial charge in [0, 0.05) is 5.41 Å². The normalized spacial score (nSPS) is 21.2. The van der Waals surface area contributed by atoms with Crippen LogP contribution in [0.25, 0.3) is 87.6 Å². The Morgan fingerprint density at radius 2 is 0.957 bits per heavy atom. The van der Waals surface area contributed by atoms with E-state index in [1.54, 1.807) is 0 Å². The lowest BCUT2D eigenvalue weighted by molar-refractivity contribution is 0.645. The minimum atomic E-state index is -1.72. The van der Waals surface area contributed by atoms with Gasteiger partial charge in [0.25, 0.3) is 0 Å². The molecule has 47 heavy (non-hydrogen) atoms. The second-order valence-electron chi connectivity index (χ2n) is 11.6. The van der Waals surface area contributed by atoms with Gasteiger partial charge in [-0.05, 0) is 129 Å². The molecule has 220 valence electrons. The monoisotopic (exact) mass is 622 g/mol. The number of hydrogen-bond donors (Lipinski definition) is 0. The van der Waals surface area contributed by atoms with Crippen LogP contribution in [0.5, 0.6) is 0 Å². The molecule has 0 heterocycles. The molecule has 0 unspecified atom stereocenters. The van der Waals surface area contributed by atoms with E-state index in [0.29, 0.717) is 0 Å². The fourth-order valence-electron chi connectivity index (χ4n) is 6.44. The summed E-state index contributed by atoms with van der Waals surface area (Å²) >= 11 is 0. The van der Waals surface area contributed by atoms with E-state index >= 15 is 0 Å². The maximum atomic E-state index is 10.1. The van der Waals surface area contributed by atoms with Gasteiger partial charge >= 0.3 is 0 Å². The molecule has 0 aromatic heterocycles. The highest BCUT2D eigenvalue weighted by Gasteiger charge is 2.33. The van der Waals surface area contributed by atoms with Crippen molar-refractivity contribution < 1.29 is 35.6 Å². The van der Waals surface area contributed by atoms with Crippen LogP contribution < -0.4 is 0 Å². The Hall–Kier alpha value is -5.72. The zero-order chi connectivity index (χ0) is 53.9. The lowest BCUT2D eigenvalue weighted by Crippen LogP contribution is -2.23. The largest absolute Gasteiger partial charge is 0.0636 e. The van der Waals surface area contributed by atoms with Crippen molar-refractivity contribution in [1.29, 1.82) is 0 Å². The van der Waals surface area contributed by atoms with Gasteiger partial charge in [0.15, 0.2) is 0 Å². The van der Waals surface area contributed by atoms with Crippen molar-refractivity contribution in [2.45, 2.75) is 19.3 Å². The Bertz CT molecular complexity index is 4120. The smallest absolute Gasteiger partial charge is 0.0622 e. The van der Waals surface area contributed by atoms with Gasteiger partial charge in [-0.2, -0.15) is 0 Å². The van der Waals surface area contributed by atoms with Gasteiger partial charge in [-0.15, -0.1) is 0 Å². The fraction of sp³-hybridized carbons (Fsp3) is 0.0638. The lowest BCUT2D eigenvalue weighted by Gasteiger charge is -2.35. The van der Waals surface area contributed by atoms with Crippen LogP contribution in [-0.4, -0.2) is 0 Å². The lowest BCUT2D eigenvalue weighted by atomic mass is 9.68. The molecule has 0 heteroatoms. The van der Waals surface area contributed by atoms with Gasteiger partial charge in [-0.25, -0.2) is 0 Å². The minimum absolute atomic E-state index is 0.146. The third-order valence-electron chi connectivity index (χ3n) is 8.62. The van der Waals surface area contributed by atoms with Crippen molar-refractivity contribution in [3.63, 3.8) is 0 Å². The zero-order valence-corrected chi connectivity index (χ0v) is 24.5. The van der Waals surface area contributed by atoms with Crippen molar-refractivity contribution in [2.24, 2.45) is 0 Å². The number of benzene rings is 9. The van der Waals surface area contributed by atoms with Crippen LogP contribution in [0.3, 0.4) is 0 Å². The Morgan fingerprint density at radius 1 is 0.362 bits per heavy atom. The van der Waals surface area contributed by atoms with E-state index in [2.05, 4.69) is 0 Å². The fourth-order valence-corrected chi connectivity index (χ4v) is 6.44. The summed E-state index contributed by atoms with van der Waals surface area (Å²) in [7, 11) is 0. The maximum absolute atomic E-state index is 10.1. The Kier molecular flexibility index (Phi) is 2.36. The van der Waals surface area contributed by atoms with Gasteiger partial charge in [0.1, 0.15) is 0 Å². The van der Waals surface area contributed by atoms with Crippen LogP contribution in [-0.2, 0) is 5.41 Å². The number of rotatable bonds is 3. The third kappa shape index (κ3) is 3.82. The first-order valence-electron chi connectivity index (χ1n) is 27.5. The van der Waals surface area contributed by atoms with Gasteiger partial charge in [0.2, 0.25) is 0 Å². The van der Waals surface area contributed by atoms with Crippen molar-refractivity contribution in [1.82, 2.24) is 0 Å². The van der Waals surface area contributed by atoms with Crippen molar-refractivity contribution in [2.75, 3.05) is 0 Å². The number of hydrogen-bond acceptors (Lipinski definition) is 0. The van der Waals surface area contributed by atoms with Gasteiger partial charge < -0.3 is 0 Å². The predicted molar refractivity (Wildman–Crippen MR) is 202 cm³/mol. The Balaban J connectivity index is 1.51. The molecular formula is C47H32. The molecule has 1 aliphatic rings.